The van der Waals surface area contributed by atoms with Crippen LogP contribution >= 0.6 is 0 Å². The lowest BCUT2D eigenvalue weighted by Crippen LogP contribution is -2.07. The number of carbonyl (C=O) groups is 1. The largest absolute Gasteiger partial charge is 0.481 e. The van der Waals surface area contributed by atoms with Crippen molar-refractivity contribution >= 4 is 16.9 Å². The van der Waals surface area contributed by atoms with E-state index < -0.39 is 24.1 Å². The highest BCUT2D eigenvalue weighted by molar-refractivity contribution is 5.79. The van der Waals surface area contributed by atoms with E-state index in [0.29, 0.717) is 5.39 Å². The van der Waals surface area contributed by atoms with E-state index in [1.165, 1.54) is 12.3 Å². The summed E-state index contributed by atoms with van der Waals surface area (Å²) in [6.45, 7) is 0. The highest BCUT2D eigenvalue weighted by atomic mass is 19.4. The molecule has 0 aliphatic rings. The summed E-state index contributed by atoms with van der Waals surface area (Å²) in [5, 5.41) is 8.99. The van der Waals surface area contributed by atoms with Gasteiger partial charge in [0.25, 0.3) is 0 Å². The lowest BCUT2D eigenvalue weighted by Gasteiger charge is -2.07. The summed E-state index contributed by atoms with van der Waals surface area (Å²) in [6, 6.07) is 3.06. The third-order valence-corrected chi connectivity index (χ3v) is 2.27. The average molecular weight is 256 g/mol. The van der Waals surface area contributed by atoms with Crippen LogP contribution in [0.4, 0.5) is 13.2 Å². The Balaban J connectivity index is 2.50. The predicted octanol–water partition coefficient (Wildman–Crippen LogP) is 2.28. The van der Waals surface area contributed by atoms with E-state index in [-0.39, 0.29) is 11.3 Å². The van der Waals surface area contributed by atoms with Crippen molar-refractivity contribution < 1.29 is 23.1 Å². The molecule has 0 spiro atoms. The van der Waals surface area contributed by atoms with Crippen molar-refractivity contribution in [2.45, 2.75) is 12.6 Å². The molecule has 7 heteroatoms. The normalized spacial score (nSPS) is 11.7. The summed E-state index contributed by atoms with van der Waals surface area (Å²) in [7, 11) is 0. The Bertz CT molecular complexity index is 611. The van der Waals surface area contributed by atoms with Gasteiger partial charge in [-0.2, -0.15) is 13.2 Å². The monoisotopic (exact) mass is 256 g/mol. The minimum absolute atomic E-state index is 0.0191. The van der Waals surface area contributed by atoms with Gasteiger partial charge in [-0.3, -0.25) is 4.79 Å². The zero-order chi connectivity index (χ0) is 13.3. The first-order valence-corrected chi connectivity index (χ1v) is 4.91. The Labute approximate surface area is 99.1 Å². The first kappa shape index (κ1) is 12.3. The number of aliphatic carboxylic acids is 1. The zero-order valence-electron chi connectivity index (χ0n) is 8.90. The molecule has 0 saturated carbocycles. The van der Waals surface area contributed by atoms with Crippen LogP contribution in [0.3, 0.4) is 0 Å². The Morgan fingerprint density at radius 3 is 2.67 bits per heavy atom. The van der Waals surface area contributed by atoms with Gasteiger partial charge in [0.2, 0.25) is 0 Å². The van der Waals surface area contributed by atoms with Crippen molar-refractivity contribution in [3.8, 4) is 0 Å². The molecular weight excluding hydrogens is 249 g/mol. The van der Waals surface area contributed by atoms with Gasteiger partial charge in [0, 0.05) is 11.6 Å². The molecule has 4 nitrogen and oxygen atoms in total. The number of alkyl halides is 3. The smallest absolute Gasteiger partial charge is 0.416 e. The van der Waals surface area contributed by atoms with Crippen LogP contribution in [0.1, 0.15) is 11.4 Å². The van der Waals surface area contributed by atoms with Crippen LogP contribution in [0, 0.1) is 0 Å². The van der Waals surface area contributed by atoms with E-state index in [0.717, 1.165) is 12.1 Å². The maximum Gasteiger partial charge on any atom is 0.416 e. The van der Waals surface area contributed by atoms with Crippen LogP contribution < -0.4 is 0 Å². The molecule has 2 aromatic rings. The van der Waals surface area contributed by atoms with Crippen molar-refractivity contribution in [1.29, 1.82) is 0 Å². The molecule has 0 atom stereocenters. The second-order valence-electron chi connectivity index (χ2n) is 3.63. The highest BCUT2D eigenvalue weighted by Crippen LogP contribution is 2.30. The van der Waals surface area contributed by atoms with Gasteiger partial charge >= 0.3 is 12.1 Å². The lowest BCUT2D eigenvalue weighted by atomic mass is 10.1. The summed E-state index contributed by atoms with van der Waals surface area (Å²) in [5.41, 5.74) is -0.744. The standard InChI is InChI=1S/C11H7F3N2O2/c12-11(13,14)7-2-1-6-5-15-9(4-10(17)18)16-8(6)3-7/h1-3,5H,4H2,(H,17,18). The summed E-state index contributed by atoms with van der Waals surface area (Å²) in [5.74, 6) is -1.16. The third-order valence-electron chi connectivity index (χ3n) is 2.27. The van der Waals surface area contributed by atoms with Gasteiger partial charge in [0.05, 0.1) is 11.1 Å². The van der Waals surface area contributed by atoms with Crippen molar-refractivity contribution in [2.24, 2.45) is 0 Å². The summed E-state index contributed by atoms with van der Waals surface area (Å²) in [4.78, 5) is 18.0. The van der Waals surface area contributed by atoms with Crippen molar-refractivity contribution in [3.63, 3.8) is 0 Å². The number of hydrogen-bond donors (Lipinski definition) is 1. The third kappa shape index (κ3) is 2.55. The Morgan fingerprint density at radius 2 is 2.06 bits per heavy atom. The molecule has 0 fully saturated rings. The highest BCUT2D eigenvalue weighted by Gasteiger charge is 2.30. The average Bonchev–Trinajstić information content (AvgIpc) is 2.26. The molecule has 1 aromatic heterocycles. The number of fused-ring (bicyclic) bond motifs is 1. The molecule has 0 aliphatic carbocycles. The number of aromatic nitrogens is 2. The van der Waals surface area contributed by atoms with Gasteiger partial charge in [-0.25, -0.2) is 9.97 Å². The van der Waals surface area contributed by atoms with E-state index >= 15 is 0 Å². The Kier molecular flexibility index (Phi) is 2.90. The van der Waals surface area contributed by atoms with E-state index in [1.807, 2.05) is 0 Å². The molecule has 94 valence electrons. The van der Waals surface area contributed by atoms with Crippen LogP contribution in [0.15, 0.2) is 24.4 Å². The fourth-order valence-electron chi connectivity index (χ4n) is 1.46. The van der Waals surface area contributed by atoms with Gasteiger partial charge in [0.15, 0.2) is 0 Å². The molecule has 1 aromatic carbocycles. The number of carboxylic acids is 1. The number of hydrogen-bond acceptors (Lipinski definition) is 3. The van der Waals surface area contributed by atoms with E-state index in [4.69, 9.17) is 5.11 Å². The van der Waals surface area contributed by atoms with E-state index in [9.17, 15) is 18.0 Å². The maximum absolute atomic E-state index is 12.5. The van der Waals surface area contributed by atoms with Crippen molar-refractivity contribution in [2.75, 3.05) is 0 Å². The summed E-state index contributed by atoms with van der Waals surface area (Å²) in [6.07, 6.45) is -3.57. The minimum Gasteiger partial charge on any atom is -0.481 e. The lowest BCUT2D eigenvalue weighted by molar-refractivity contribution is -0.138. The van der Waals surface area contributed by atoms with E-state index in [2.05, 4.69) is 9.97 Å². The van der Waals surface area contributed by atoms with Crippen LogP contribution in [0.25, 0.3) is 10.9 Å². The summed E-state index contributed by atoms with van der Waals surface area (Å²) >= 11 is 0. The van der Waals surface area contributed by atoms with Crippen molar-refractivity contribution in [1.82, 2.24) is 9.97 Å². The number of benzene rings is 1. The first-order valence-electron chi connectivity index (χ1n) is 4.91. The number of halogens is 3. The quantitative estimate of drug-likeness (QED) is 0.895. The van der Waals surface area contributed by atoms with Crippen molar-refractivity contribution in [3.05, 3.63) is 35.8 Å². The predicted molar refractivity (Wildman–Crippen MR) is 55.9 cm³/mol. The maximum atomic E-state index is 12.5. The molecule has 0 radical (unpaired) electrons. The molecule has 0 bridgehead atoms. The molecule has 0 amide bonds. The fraction of sp³-hybridized carbons (Fsp3) is 0.182. The van der Waals surface area contributed by atoms with Crippen LogP contribution in [-0.2, 0) is 17.4 Å². The second kappa shape index (κ2) is 4.25. The molecular formula is C11H7F3N2O2. The summed E-state index contributed by atoms with van der Waals surface area (Å²) < 4.78 is 37.5. The molecule has 0 saturated heterocycles. The topological polar surface area (TPSA) is 63.1 Å². The zero-order valence-corrected chi connectivity index (χ0v) is 8.90. The second-order valence-corrected chi connectivity index (χ2v) is 3.63. The molecule has 1 N–H and O–H groups in total. The van der Waals surface area contributed by atoms with Crippen LogP contribution in [-0.4, -0.2) is 21.0 Å². The van der Waals surface area contributed by atoms with Crippen LogP contribution in [0.5, 0.6) is 0 Å². The van der Waals surface area contributed by atoms with Crippen LogP contribution in [0.2, 0.25) is 0 Å². The Hall–Kier alpha value is -2.18. The van der Waals surface area contributed by atoms with Gasteiger partial charge in [-0.1, -0.05) is 6.07 Å². The molecule has 0 aliphatic heterocycles. The molecule has 2 rings (SSSR count). The minimum atomic E-state index is -4.45. The van der Waals surface area contributed by atoms with Gasteiger partial charge < -0.3 is 5.11 Å². The number of nitrogens with zero attached hydrogens (tertiary/aromatic N) is 2. The molecule has 18 heavy (non-hydrogen) atoms. The van der Waals surface area contributed by atoms with Gasteiger partial charge in [-0.15, -0.1) is 0 Å². The number of rotatable bonds is 2. The molecule has 0 unspecified atom stereocenters. The SMILES string of the molecule is O=C(O)Cc1ncc2ccc(C(F)(F)F)cc2n1. The Morgan fingerprint density at radius 1 is 1.33 bits per heavy atom. The first-order chi connectivity index (χ1) is 8.36. The van der Waals surface area contributed by atoms with Gasteiger partial charge in [-0.05, 0) is 12.1 Å². The number of carboxylic acid groups (broad SMARTS) is 1. The fourth-order valence-corrected chi connectivity index (χ4v) is 1.46. The van der Waals surface area contributed by atoms with E-state index in [1.54, 1.807) is 0 Å². The molecule has 1 heterocycles. The van der Waals surface area contributed by atoms with Gasteiger partial charge in [0.1, 0.15) is 12.2 Å².